The lowest BCUT2D eigenvalue weighted by molar-refractivity contribution is -0.384. The van der Waals surface area contributed by atoms with Gasteiger partial charge in [0.05, 0.1) is 18.1 Å². The first-order valence-electron chi connectivity index (χ1n) is 9.21. The van der Waals surface area contributed by atoms with E-state index in [4.69, 9.17) is 4.74 Å². The Bertz CT molecular complexity index is 998. The molecule has 6 nitrogen and oxygen atoms in total. The van der Waals surface area contributed by atoms with Crippen LogP contribution in [0.3, 0.4) is 0 Å². The molecule has 0 heterocycles. The third-order valence-corrected chi connectivity index (χ3v) is 4.68. The fourth-order valence-corrected chi connectivity index (χ4v) is 3.04. The van der Waals surface area contributed by atoms with Crippen molar-refractivity contribution in [3.05, 3.63) is 99.6 Å². The lowest BCUT2D eigenvalue weighted by atomic mass is 9.97. The predicted molar refractivity (Wildman–Crippen MR) is 113 cm³/mol. The zero-order valence-corrected chi connectivity index (χ0v) is 16.3. The number of nitro benzene ring substituents is 1. The highest BCUT2D eigenvalue weighted by molar-refractivity contribution is 5.96. The highest BCUT2D eigenvalue weighted by Gasteiger charge is 2.18. The maximum atomic E-state index is 12.9. The third-order valence-electron chi connectivity index (χ3n) is 4.68. The van der Waals surface area contributed by atoms with E-state index in [-0.39, 0.29) is 23.9 Å². The summed E-state index contributed by atoms with van der Waals surface area (Å²) >= 11 is 0. The fraction of sp³-hybridized carbons (Fsp3) is 0.174. The van der Waals surface area contributed by atoms with E-state index in [1.54, 1.807) is 19.2 Å². The topological polar surface area (TPSA) is 81.5 Å². The minimum Gasteiger partial charge on any atom is -0.497 e. The maximum Gasteiger partial charge on any atom is 0.271 e. The van der Waals surface area contributed by atoms with Crippen LogP contribution < -0.4 is 10.1 Å². The molecule has 0 amide bonds. The van der Waals surface area contributed by atoms with Crippen LogP contribution in [0.5, 0.6) is 5.75 Å². The fourth-order valence-electron chi connectivity index (χ4n) is 3.04. The second-order valence-corrected chi connectivity index (χ2v) is 6.77. The first kappa shape index (κ1) is 20.1. The van der Waals surface area contributed by atoms with Crippen molar-refractivity contribution < 1.29 is 14.5 Å². The average Bonchev–Trinajstić information content (AvgIpc) is 2.74. The number of Topliss-reactive ketones (excluding diaryl/α,β-unsaturated/α-hetero) is 1. The van der Waals surface area contributed by atoms with Crippen LogP contribution in [-0.4, -0.2) is 17.8 Å². The van der Waals surface area contributed by atoms with Gasteiger partial charge in [0.2, 0.25) is 0 Å². The van der Waals surface area contributed by atoms with Crippen LogP contribution in [0, 0.1) is 17.0 Å². The first-order valence-corrected chi connectivity index (χ1v) is 9.21. The molecule has 0 bridgehead atoms. The van der Waals surface area contributed by atoms with E-state index in [1.165, 1.54) is 12.1 Å². The molecule has 0 aliphatic rings. The molecule has 29 heavy (non-hydrogen) atoms. The normalized spacial score (nSPS) is 11.5. The molecular formula is C23H22N2O4. The van der Waals surface area contributed by atoms with E-state index in [0.717, 1.165) is 11.1 Å². The van der Waals surface area contributed by atoms with Crippen molar-refractivity contribution in [2.45, 2.75) is 19.4 Å². The minimum atomic E-state index is -0.439. The second kappa shape index (κ2) is 9.01. The van der Waals surface area contributed by atoms with Gasteiger partial charge in [-0.2, -0.15) is 0 Å². The molecule has 0 saturated heterocycles. The Hall–Kier alpha value is -3.67. The van der Waals surface area contributed by atoms with E-state index in [2.05, 4.69) is 5.32 Å². The summed E-state index contributed by atoms with van der Waals surface area (Å²) < 4.78 is 5.21. The summed E-state index contributed by atoms with van der Waals surface area (Å²) in [6.07, 6.45) is 0.206. The number of anilines is 1. The summed E-state index contributed by atoms with van der Waals surface area (Å²) in [6, 6.07) is 20.8. The van der Waals surface area contributed by atoms with Crippen molar-refractivity contribution in [1.29, 1.82) is 0 Å². The highest BCUT2D eigenvalue weighted by Crippen LogP contribution is 2.28. The highest BCUT2D eigenvalue weighted by atomic mass is 16.6. The number of nitrogens with one attached hydrogen (secondary N) is 1. The average molecular weight is 390 g/mol. The van der Waals surface area contributed by atoms with E-state index in [1.807, 2.05) is 55.5 Å². The van der Waals surface area contributed by atoms with Gasteiger partial charge in [-0.1, -0.05) is 48.0 Å². The van der Waals surface area contributed by atoms with Crippen molar-refractivity contribution in [3.8, 4) is 5.75 Å². The van der Waals surface area contributed by atoms with E-state index < -0.39 is 4.92 Å². The summed E-state index contributed by atoms with van der Waals surface area (Å²) in [5.41, 5.74) is 3.18. The van der Waals surface area contributed by atoms with Gasteiger partial charge < -0.3 is 10.1 Å². The molecule has 0 aliphatic carbocycles. The summed E-state index contributed by atoms with van der Waals surface area (Å²) in [4.78, 5) is 23.5. The molecule has 6 heteroatoms. The number of non-ortho nitro benzene ring substituents is 1. The summed E-state index contributed by atoms with van der Waals surface area (Å²) in [5, 5.41) is 14.4. The van der Waals surface area contributed by atoms with Gasteiger partial charge in [0.1, 0.15) is 5.75 Å². The van der Waals surface area contributed by atoms with Crippen LogP contribution >= 0.6 is 0 Å². The van der Waals surface area contributed by atoms with Crippen LogP contribution in [0.4, 0.5) is 11.4 Å². The quantitative estimate of drug-likeness (QED) is 0.319. The summed E-state index contributed by atoms with van der Waals surface area (Å²) in [5.74, 6) is 0.705. The molecule has 148 valence electrons. The Morgan fingerprint density at radius 3 is 2.38 bits per heavy atom. The number of ether oxygens (including phenoxy) is 1. The number of nitrogens with zero attached hydrogens (tertiary/aromatic N) is 1. The molecule has 1 unspecified atom stereocenters. The van der Waals surface area contributed by atoms with Crippen LogP contribution in [0.25, 0.3) is 0 Å². The Labute approximate surface area is 169 Å². The molecule has 3 aromatic carbocycles. The molecule has 0 fully saturated rings. The van der Waals surface area contributed by atoms with E-state index >= 15 is 0 Å². The SMILES string of the molecule is COc1ccc(C(CC(=O)c2ccc(C)cc2)Nc2cccc([N+](=O)[O-])c2)cc1. The maximum absolute atomic E-state index is 12.9. The molecule has 0 saturated carbocycles. The number of aryl methyl sites for hydroxylation is 1. The van der Waals surface area contributed by atoms with Crippen molar-refractivity contribution >= 4 is 17.2 Å². The third kappa shape index (κ3) is 5.19. The molecule has 3 aromatic rings. The van der Waals surface area contributed by atoms with E-state index in [0.29, 0.717) is 17.0 Å². The van der Waals surface area contributed by atoms with Crippen molar-refractivity contribution in [2.75, 3.05) is 12.4 Å². The van der Waals surface area contributed by atoms with Crippen LogP contribution in [0.15, 0.2) is 72.8 Å². The van der Waals surface area contributed by atoms with Crippen molar-refractivity contribution in [2.24, 2.45) is 0 Å². The van der Waals surface area contributed by atoms with Gasteiger partial charge in [0.15, 0.2) is 5.78 Å². The van der Waals surface area contributed by atoms with Crippen LogP contribution in [-0.2, 0) is 0 Å². The standard InChI is InChI=1S/C23H22N2O4/c1-16-6-8-18(9-7-16)23(26)15-22(17-10-12-21(29-2)13-11-17)24-19-4-3-5-20(14-19)25(27)28/h3-14,22,24H,15H2,1-2H3. The van der Waals surface area contributed by atoms with Gasteiger partial charge in [0.25, 0.3) is 5.69 Å². The van der Waals surface area contributed by atoms with Gasteiger partial charge in [-0.3, -0.25) is 14.9 Å². The van der Waals surface area contributed by atoms with Crippen molar-refractivity contribution in [3.63, 3.8) is 0 Å². The second-order valence-electron chi connectivity index (χ2n) is 6.77. The lowest BCUT2D eigenvalue weighted by Crippen LogP contribution is -2.16. The molecule has 1 atom stereocenters. The van der Waals surface area contributed by atoms with Gasteiger partial charge in [-0.05, 0) is 30.7 Å². The Morgan fingerprint density at radius 1 is 1.07 bits per heavy atom. The van der Waals surface area contributed by atoms with Crippen LogP contribution in [0.2, 0.25) is 0 Å². The zero-order valence-electron chi connectivity index (χ0n) is 16.3. The largest absolute Gasteiger partial charge is 0.497 e. The summed E-state index contributed by atoms with van der Waals surface area (Å²) in [7, 11) is 1.59. The number of benzene rings is 3. The molecule has 0 aliphatic heterocycles. The Morgan fingerprint density at radius 2 is 1.76 bits per heavy atom. The number of carbonyl (C=O) groups is 1. The molecular weight excluding hydrogens is 368 g/mol. The monoisotopic (exact) mass is 390 g/mol. The van der Waals surface area contributed by atoms with Gasteiger partial charge in [-0.25, -0.2) is 0 Å². The minimum absolute atomic E-state index is 0.00616. The predicted octanol–water partition coefficient (Wildman–Crippen LogP) is 5.34. The number of hydrogen-bond donors (Lipinski definition) is 1. The smallest absolute Gasteiger partial charge is 0.271 e. The molecule has 0 spiro atoms. The Balaban J connectivity index is 1.88. The Kier molecular flexibility index (Phi) is 6.24. The summed E-state index contributed by atoms with van der Waals surface area (Å²) in [6.45, 7) is 1.97. The number of nitro groups is 1. The number of hydrogen-bond acceptors (Lipinski definition) is 5. The number of methoxy groups -OCH3 is 1. The van der Waals surface area contributed by atoms with E-state index in [9.17, 15) is 14.9 Å². The molecule has 0 radical (unpaired) electrons. The molecule has 1 N–H and O–H groups in total. The first-order chi connectivity index (χ1) is 14.0. The van der Waals surface area contributed by atoms with Gasteiger partial charge in [0, 0.05) is 29.8 Å². The lowest BCUT2D eigenvalue weighted by Gasteiger charge is -2.20. The van der Waals surface area contributed by atoms with Crippen molar-refractivity contribution in [1.82, 2.24) is 0 Å². The number of carbonyl (C=O) groups excluding carboxylic acids is 1. The molecule has 3 rings (SSSR count). The number of rotatable bonds is 8. The van der Waals surface area contributed by atoms with Gasteiger partial charge >= 0.3 is 0 Å². The number of ketones is 1. The molecule has 0 aromatic heterocycles. The van der Waals surface area contributed by atoms with Gasteiger partial charge in [-0.15, -0.1) is 0 Å². The zero-order chi connectivity index (χ0) is 20.8. The van der Waals surface area contributed by atoms with Crippen LogP contribution in [0.1, 0.15) is 33.9 Å².